The molecule has 94 valence electrons. The first kappa shape index (κ1) is 13.8. The van der Waals surface area contributed by atoms with E-state index in [0.717, 1.165) is 18.4 Å². The maximum absolute atomic E-state index is 3.85. The Balaban J connectivity index is 2.40. The standard InChI is InChI=1S/C15H29N/c1-3-5-12-15(16-13-4-2)14-10-8-6-7-9-11-14/h3,14-16H,1,4-13H2,2H3. The van der Waals surface area contributed by atoms with Crippen LogP contribution in [0, 0.1) is 5.92 Å². The normalized spacial score (nSPS) is 20.3. The van der Waals surface area contributed by atoms with Gasteiger partial charge >= 0.3 is 0 Å². The van der Waals surface area contributed by atoms with Crippen LogP contribution < -0.4 is 5.32 Å². The van der Waals surface area contributed by atoms with Crippen LogP contribution in [-0.4, -0.2) is 12.6 Å². The van der Waals surface area contributed by atoms with Crippen molar-refractivity contribution in [1.29, 1.82) is 0 Å². The maximum Gasteiger partial charge on any atom is 0.00982 e. The SMILES string of the molecule is C=CCCC(NCCC)C1CCCCCC1. The first-order valence-electron chi connectivity index (χ1n) is 7.22. The lowest BCUT2D eigenvalue weighted by atomic mass is 9.89. The quantitative estimate of drug-likeness (QED) is 0.501. The zero-order chi connectivity index (χ0) is 11.6. The van der Waals surface area contributed by atoms with Gasteiger partial charge in [0.15, 0.2) is 0 Å². The summed E-state index contributed by atoms with van der Waals surface area (Å²) < 4.78 is 0. The molecule has 0 aromatic carbocycles. The van der Waals surface area contributed by atoms with Gasteiger partial charge < -0.3 is 5.32 Å². The Hall–Kier alpha value is -0.300. The monoisotopic (exact) mass is 223 g/mol. The molecule has 1 nitrogen and oxygen atoms in total. The number of hydrogen-bond acceptors (Lipinski definition) is 1. The van der Waals surface area contributed by atoms with Crippen molar-refractivity contribution in [1.82, 2.24) is 5.32 Å². The van der Waals surface area contributed by atoms with E-state index in [1.54, 1.807) is 0 Å². The number of rotatable bonds is 7. The molecule has 1 heteroatoms. The Morgan fingerprint density at radius 2 is 1.94 bits per heavy atom. The lowest BCUT2D eigenvalue weighted by Crippen LogP contribution is -2.36. The maximum atomic E-state index is 3.85. The van der Waals surface area contributed by atoms with Gasteiger partial charge in [0.05, 0.1) is 0 Å². The molecule has 0 heterocycles. The number of allylic oxidation sites excluding steroid dienone is 1. The van der Waals surface area contributed by atoms with Crippen molar-refractivity contribution in [2.75, 3.05) is 6.54 Å². The molecule has 0 bridgehead atoms. The Bertz CT molecular complexity index is 168. The summed E-state index contributed by atoms with van der Waals surface area (Å²) in [5, 5.41) is 3.75. The molecule has 0 aliphatic heterocycles. The van der Waals surface area contributed by atoms with Crippen LogP contribution in [0.3, 0.4) is 0 Å². The Morgan fingerprint density at radius 1 is 1.25 bits per heavy atom. The molecule has 1 unspecified atom stereocenters. The van der Waals surface area contributed by atoms with Gasteiger partial charge in [0.1, 0.15) is 0 Å². The minimum absolute atomic E-state index is 0.746. The molecule has 0 saturated heterocycles. The summed E-state index contributed by atoms with van der Waals surface area (Å²) in [6.45, 7) is 7.28. The summed E-state index contributed by atoms with van der Waals surface area (Å²) in [7, 11) is 0. The van der Waals surface area contributed by atoms with Crippen molar-refractivity contribution in [2.24, 2.45) is 5.92 Å². The molecule has 0 aromatic rings. The molecule has 0 radical (unpaired) electrons. The zero-order valence-corrected chi connectivity index (χ0v) is 11.0. The molecule has 16 heavy (non-hydrogen) atoms. The van der Waals surface area contributed by atoms with Gasteiger partial charge in [-0.15, -0.1) is 6.58 Å². The third-order valence-corrected chi connectivity index (χ3v) is 3.81. The fourth-order valence-electron chi connectivity index (χ4n) is 2.84. The van der Waals surface area contributed by atoms with E-state index < -0.39 is 0 Å². The van der Waals surface area contributed by atoms with Gasteiger partial charge in [-0.05, 0) is 44.6 Å². The minimum atomic E-state index is 0.746. The van der Waals surface area contributed by atoms with Gasteiger partial charge in [0, 0.05) is 6.04 Å². The van der Waals surface area contributed by atoms with Gasteiger partial charge in [-0.2, -0.15) is 0 Å². The van der Waals surface area contributed by atoms with Crippen LogP contribution in [0.2, 0.25) is 0 Å². The summed E-state index contributed by atoms with van der Waals surface area (Å²) in [5.41, 5.74) is 0. The van der Waals surface area contributed by atoms with Gasteiger partial charge in [0.25, 0.3) is 0 Å². The molecule has 0 amide bonds. The predicted molar refractivity (Wildman–Crippen MR) is 72.7 cm³/mol. The molecule has 1 saturated carbocycles. The summed E-state index contributed by atoms with van der Waals surface area (Å²) in [6, 6.07) is 0.746. The van der Waals surface area contributed by atoms with Gasteiger partial charge in [0.2, 0.25) is 0 Å². The molecular formula is C15H29N. The zero-order valence-electron chi connectivity index (χ0n) is 11.0. The van der Waals surface area contributed by atoms with Crippen LogP contribution in [0.4, 0.5) is 0 Å². The fourth-order valence-corrected chi connectivity index (χ4v) is 2.84. The number of hydrogen-bond donors (Lipinski definition) is 1. The first-order valence-corrected chi connectivity index (χ1v) is 7.22. The second-order valence-corrected chi connectivity index (χ2v) is 5.18. The second kappa shape index (κ2) is 8.81. The van der Waals surface area contributed by atoms with E-state index in [1.165, 1.54) is 57.9 Å². The van der Waals surface area contributed by atoms with Gasteiger partial charge in [-0.1, -0.05) is 38.7 Å². The van der Waals surface area contributed by atoms with E-state index in [4.69, 9.17) is 0 Å². The van der Waals surface area contributed by atoms with Crippen molar-refractivity contribution in [2.45, 2.75) is 70.8 Å². The average molecular weight is 223 g/mol. The lowest BCUT2D eigenvalue weighted by Gasteiger charge is -2.27. The second-order valence-electron chi connectivity index (χ2n) is 5.18. The summed E-state index contributed by atoms with van der Waals surface area (Å²) in [5.74, 6) is 0.925. The molecule has 0 spiro atoms. The molecule has 1 aliphatic carbocycles. The minimum Gasteiger partial charge on any atom is -0.314 e. The van der Waals surface area contributed by atoms with Crippen LogP contribution in [0.15, 0.2) is 12.7 Å². The van der Waals surface area contributed by atoms with Crippen molar-refractivity contribution in [3.63, 3.8) is 0 Å². The highest BCUT2D eigenvalue weighted by Crippen LogP contribution is 2.27. The van der Waals surface area contributed by atoms with Crippen molar-refractivity contribution >= 4 is 0 Å². The molecular weight excluding hydrogens is 194 g/mol. The highest BCUT2D eigenvalue weighted by atomic mass is 14.9. The largest absolute Gasteiger partial charge is 0.314 e. The summed E-state index contributed by atoms with van der Waals surface area (Å²) in [4.78, 5) is 0. The number of nitrogens with one attached hydrogen (secondary N) is 1. The van der Waals surface area contributed by atoms with E-state index in [9.17, 15) is 0 Å². The summed E-state index contributed by atoms with van der Waals surface area (Å²) >= 11 is 0. The Morgan fingerprint density at radius 3 is 2.50 bits per heavy atom. The lowest BCUT2D eigenvalue weighted by molar-refractivity contribution is 0.306. The molecule has 1 N–H and O–H groups in total. The summed E-state index contributed by atoms with van der Waals surface area (Å²) in [6.07, 6.45) is 14.5. The van der Waals surface area contributed by atoms with Crippen LogP contribution >= 0.6 is 0 Å². The van der Waals surface area contributed by atoms with E-state index in [0.29, 0.717) is 0 Å². The van der Waals surface area contributed by atoms with Crippen LogP contribution in [-0.2, 0) is 0 Å². The smallest absolute Gasteiger partial charge is 0.00982 e. The molecule has 0 aromatic heterocycles. The van der Waals surface area contributed by atoms with Crippen molar-refractivity contribution in [3.05, 3.63) is 12.7 Å². The molecule has 1 rings (SSSR count). The Kier molecular flexibility index (Phi) is 7.58. The van der Waals surface area contributed by atoms with Crippen molar-refractivity contribution in [3.8, 4) is 0 Å². The highest BCUT2D eigenvalue weighted by Gasteiger charge is 2.21. The van der Waals surface area contributed by atoms with E-state index in [-0.39, 0.29) is 0 Å². The first-order chi connectivity index (χ1) is 7.88. The highest BCUT2D eigenvalue weighted by molar-refractivity contribution is 4.81. The van der Waals surface area contributed by atoms with Crippen molar-refractivity contribution < 1.29 is 0 Å². The fraction of sp³-hybridized carbons (Fsp3) is 0.867. The van der Waals surface area contributed by atoms with E-state index in [1.807, 2.05) is 0 Å². The van der Waals surface area contributed by atoms with E-state index in [2.05, 4.69) is 24.9 Å². The van der Waals surface area contributed by atoms with Gasteiger partial charge in [-0.25, -0.2) is 0 Å². The van der Waals surface area contributed by atoms with E-state index >= 15 is 0 Å². The van der Waals surface area contributed by atoms with Crippen LogP contribution in [0.25, 0.3) is 0 Å². The van der Waals surface area contributed by atoms with Gasteiger partial charge in [-0.3, -0.25) is 0 Å². The average Bonchev–Trinajstić information content (AvgIpc) is 2.58. The van der Waals surface area contributed by atoms with Crippen LogP contribution in [0.1, 0.15) is 64.7 Å². The third-order valence-electron chi connectivity index (χ3n) is 3.81. The Labute approximate surface area is 102 Å². The predicted octanol–water partition coefficient (Wildman–Crippen LogP) is 4.29. The third kappa shape index (κ3) is 5.16. The molecule has 1 atom stereocenters. The topological polar surface area (TPSA) is 12.0 Å². The molecule has 1 aliphatic rings. The van der Waals surface area contributed by atoms with Crippen LogP contribution in [0.5, 0.6) is 0 Å². The molecule has 1 fully saturated rings.